The van der Waals surface area contributed by atoms with Crippen LogP contribution < -0.4 is 15.5 Å². The van der Waals surface area contributed by atoms with Gasteiger partial charge in [-0.15, -0.1) is 0 Å². The van der Waals surface area contributed by atoms with Crippen molar-refractivity contribution in [3.63, 3.8) is 0 Å². The van der Waals surface area contributed by atoms with Crippen LogP contribution in [0.2, 0.25) is 0 Å². The Morgan fingerprint density at radius 1 is 1.43 bits per heavy atom. The fourth-order valence-electron chi connectivity index (χ4n) is 2.72. The molecule has 0 amide bonds. The minimum absolute atomic E-state index is 0.604. The summed E-state index contributed by atoms with van der Waals surface area (Å²) in [5, 5.41) is 6.57. The fraction of sp³-hybridized carbons (Fsp3) is 0.588. The Balaban J connectivity index is 1.84. The summed E-state index contributed by atoms with van der Waals surface area (Å²) in [5.41, 5.74) is 1.29. The van der Waals surface area contributed by atoms with Crippen molar-refractivity contribution < 1.29 is 4.74 Å². The van der Waals surface area contributed by atoms with Crippen LogP contribution in [0, 0.1) is 5.92 Å². The topological polar surface area (TPSA) is 48.9 Å². The smallest absolute Gasteiger partial charge is 0.191 e. The molecule has 6 heteroatoms. The second kappa shape index (κ2) is 9.78. The quantitative estimate of drug-likeness (QED) is 0.432. The van der Waals surface area contributed by atoms with E-state index in [1.165, 1.54) is 12.1 Å². The Morgan fingerprint density at radius 2 is 2.30 bits per heavy atom. The number of guanidine groups is 1. The van der Waals surface area contributed by atoms with Crippen LogP contribution in [0.25, 0.3) is 0 Å². The molecule has 1 heterocycles. The molecular formula is C17H27BrN4O. The van der Waals surface area contributed by atoms with Crippen LogP contribution >= 0.6 is 15.9 Å². The summed E-state index contributed by atoms with van der Waals surface area (Å²) >= 11 is 3.55. The molecule has 1 fully saturated rings. The van der Waals surface area contributed by atoms with Crippen LogP contribution in [0.15, 0.2) is 33.7 Å². The molecule has 0 saturated carbocycles. The third-order valence-electron chi connectivity index (χ3n) is 3.91. The number of hydrogen-bond acceptors (Lipinski definition) is 3. The van der Waals surface area contributed by atoms with Gasteiger partial charge in [-0.1, -0.05) is 22.0 Å². The lowest BCUT2D eigenvalue weighted by Gasteiger charge is -2.18. The largest absolute Gasteiger partial charge is 0.383 e. The average Bonchev–Trinajstić information content (AvgIpc) is 3.02. The monoisotopic (exact) mass is 382 g/mol. The van der Waals surface area contributed by atoms with Gasteiger partial charge in [0.15, 0.2) is 5.96 Å². The molecule has 1 unspecified atom stereocenters. The molecule has 23 heavy (non-hydrogen) atoms. The fourth-order valence-corrected chi connectivity index (χ4v) is 3.11. The first kappa shape index (κ1) is 18.1. The Morgan fingerprint density at radius 3 is 3.04 bits per heavy atom. The van der Waals surface area contributed by atoms with Crippen molar-refractivity contribution in [3.8, 4) is 0 Å². The molecule has 2 N–H and O–H groups in total. The van der Waals surface area contributed by atoms with Crippen LogP contribution in [0.4, 0.5) is 5.69 Å². The summed E-state index contributed by atoms with van der Waals surface area (Å²) in [6.45, 7) is 7.43. The zero-order valence-electron chi connectivity index (χ0n) is 14.0. The van der Waals surface area contributed by atoms with Gasteiger partial charge in [-0.2, -0.15) is 0 Å². The van der Waals surface area contributed by atoms with Crippen LogP contribution in [-0.2, 0) is 4.74 Å². The number of anilines is 1. The summed E-state index contributed by atoms with van der Waals surface area (Å²) in [6, 6.07) is 8.51. The highest BCUT2D eigenvalue weighted by Gasteiger charge is 2.22. The molecule has 128 valence electrons. The molecule has 2 rings (SSSR count). The number of methoxy groups -OCH3 is 1. The van der Waals surface area contributed by atoms with Gasteiger partial charge in [-0.3, -0.25) is 4.99 Å². The van der Waals surface area contributed by atoms with Crippen LogP contribution in [0.1, 0.15) is 13.3 Å². The molecule has 1 atom stereocenters. The van der Waals surface area contributed by atoms with Crippen molar-refractivity contribution >= 4 is 27.6 Å². The van der Waals surface area contributed by atoms with E-state index < -0.39 is 0 Å². The van der Waals surface area contributed by atoms with Gasteiger partial charge in [0, 0.05) is 50.0 Å². The molecule has 1 saturated heterocycles. The first-order valence-electron chi connectivity index (χ1n) is 8.24. The maximum atomic E-state index is 5.07. The van der Waals surface area contributed by atoms with E-state index in [-0.39, 0.29) is 0 Å². The Bertz CT molecular complexity index is 509. The van der Waals surface area contributed by atoms with E-state index in [0.717, 1.165) is 43.2 Å². The highest BCUT2D eigenvalue weighted by atomic mass is 79.9. The predicted octanol–water partition coefficient (Wildman–Crippen LogP) is 2.48. The molecule has 5 nitrogen and oxygen atoms in total. The van der Waals surface area contributed by atoms with E-state index in [9.17, 15) is 0 Å². The summed E-state index contributed by atoms with van der Waals surface area (Å²) < 4.78 is 6.20. The molecule has 0 spiro atoms. The van der Waals surface area contributed by atoms with Gasteiger partial charge in [-0.05, 0) is 37.5 Å². The second-order valence-electron chi connectivity index (χ2n) is 5.72. The van der Waals surface area contributed by atoms with Crippen LogP contribution in [-0.4, -0.2) is 52.4 Å². The molecule has 0 radical (unpaired) electrons. The standard InChI is InChI=1S/C17H27BrN4O/c1-3-19-17(20-8-10-23-2)21-12-14-7-9-22(13-14)16-6-4-5-15(18)11-16/h4-6,11,14H,3,7-10,12-13H2,1-2H3,(H2,19,20,21). The minimum atomic E-state index is 0.604. The van der Waals surface area contributed by atoms with E-state index in [2.05, 4.69) is 62.7 Å². The first-order valence-corrected chi connectivity index (χ1v) is 9.04. The van der Waals surface area contributed by atoms with Crippen molar-refractivity contribution in [2.24, 2.45) is 10.9 Å². The van der Waals surface area contributed by atoms with Gasteiger partial charge in [0.25, 0.3) is 0 Å². The lowest BCUT2D eigenvalue weighted by molar-refractivity contribution is 0.203. The van der Waals surface area contributed by atoms with Gasteiger partial charge in [0.2, 0.25) is 0 Å². The van der Waals surface area contributed by atoms with Crippen LogP contribution in [0.5, 0.6) is 0 Å². The normalized spacial score (nSPS) is 18.3. The number of ether oxygens (including phenoxy) is 1. The number of aliphatic imine (C=N–C) groups is 1. The molecule has 1 aromatic rings. The highest BCUT2D eigenvalue weighted by Crippen LogP contribution is 2.26. The van der Waals surface area contributed by atoms with E-state index in [0.29, 0.717) is 12.5 Å². The van der Waals surface area contributed by atoms with E-state index in [1.807, 2.05) is 0 Å². The number of hydrogen-bond donors (Lipinski definition) is 2. The first-order chi connectivity index (χ1) is 11.2. The minimum Gasteiger partial charge on any atom is -0.383 e. The summed E-state index contributed by atoms with van der Waals surface area (Å²) in [6.07, 6.45) is 1.19. The maximum Gasteiger partial charge on any atom is 0.191 e. The summed E-state index contributed by atoms with van der Waals surface area (Å²) in [4.78, 5) is 7.16. The van der Waals surface area contributed by atoms with Crippen molar-refractivity contribution in [1.82, 2.24) is 10.6 Å². The summed E-state index contributed by atoms with van der Waals surface area (Å²) in [5.74, 6) is 1.48. The SMILES string of the molecule is CCNC(=NCC1CCN(c2cccc(Br)c2)C1)NCCOC. The number of nitrogens with zero attached hydrogens (tertiary/aromatic N) is 2. The lowest BCUT2D eigenvalue weighted by atomic mass is 10.1. The van der Waals surface area contributed by atoms with Gasteiger partial charge in [0.05, 0.1) is 6.61 Å². The number of benzene rings is 1. The highest BCUT2D eigenvalue weighted by molar-refractivity contribution is 9.10. The van der Waals surface area contributed by atoms with Crippen molar-refractivity contribution in [2.45, 2.75) is 13.3 Å². The molecule has 0 aliphatic carbocycles. The van der Waals surface area contributed by atoms with Gasteiger partial charge in [0.1, 0.15) is 0 Å². The Kier molecular flexibility index (Phi) is 7.68. The van der Waals surface area contributed by atoms with Crippen LogP contribution in [0.3, 0.4) is 0 Å². The Labute approximate surface area is 147 Å². The van der Waals surface area contributed by atoms with Gasteiger partial charge in [-0.25, -0.2) is 0 Å². The van der Waals surface area contributed by atoms with Crippen molar-refractivity contribution in [3.05, 3.63) is 28.7 Å². The third kappa shape index (κ3) is 6.03. The number of nitrogens with one attached hydrogen (secondary N) is 2. The second-order valence-corrected chi connectivity index (χ2v) is 6.64. The van der Waals surface area contributed by atoms with E-state index in [4.69, 9.17) is 9.73 Å². The van der Waals surface area contributed by atoms with Crippen molar-refractivity contribution in [2.75, 3.05) is 51.3 Å². The molecular weight excluding hydrogens is 356 g/mol. The van der Waals surface area contributed by atoms with Gasteiger partial charge >= 0.3 is 0 Å². The summed E-state index contributed by atoms with van der Waals surface area (Å²) in [7, 11) is 1.71. The maximum absolute atomic E-state index is 5.07. The molecule has 1 aromatic carbocycles. The molecule has 1 aliphatic heterocycles. The molecule has 1 aliphatic rings. The predicted molar refractivity (Wildman–Crippen MR) is 100 cm³/mol. The average molecular weight is 383 g/mol. The number of halogens is 1. The van der Waals surface area contributed by atoms with Crippen molar-refractivity contribution in [1.29, 1.82) is 0 Å². The molecule has 0 bridgehead atoms. The molecule has 0 aromatic heterocycles. The Hall–Kier alpha value is -1.27. The van der Waals surface area contributed by atoms with E-state index >= 15 is 0 Å². The number of rotatable bonds is 7. The zero-order valence-corrected chi connectivity index (χ0v) is 15.6. The van der Waals surface area contributed by atoms with Gasteiger partial charge < -0.3 is 20.3 Å². The third-order valence-corrected chi connectivity index (χ3v) is 4.40. The lowest BCUT2D eigenvalue weighted by Crippen LogP contribution is -2.39. The zero-order chi connectivity index (χ0) is 16.5. The van der Waals surface area contributed by atoms with E-state index in [1.54, 1.807) is 7.11 Å².